The Hall–Kier alpha value is -5.35. The van der Waals surface area contributed by atoms with Crippen molar-refractivity contribution in [2.45, 2.75) is 437 Å². The van der Waals surface area contributed by atoms with Gasteiger partial charge in [-0.1, -0.05) is 421 Å². The number of hydrogen-bond acceptors (Lipinski definition) is 14. The average Bonchev–Trinajstić information content (AvgIpc) is 0.902. The van der Waals surface area contributed by atoms with Crippen molar-refractivity contribution < 1.29 is 75.8 Å². The minimum atomic E-state index is -4.95. The minimum absolute atomic E-state index is 0.0965. The number of aliphatic hydroxyl groups excluding tert-OH is 2. The van der Waals surface area contributed by atoms with Crippen LogP contribution in [0.2, 0.25) is 0 Å². The highest BCUT2D eigenvalue weighted by molar-refractivity contribution is 7.47. The number of carbonyl (C=O) groups is 3. The predicted molar refractivity (Wildman–Crippen MR) is 528 cm³/mol. The number of rotatable bonds is 94. The van der Waals surface area contributed by atoms with E-state index in [0.29, 0.717) is 19.3 Å². The smallest absolute Gasteiger partial charge is 0.463 e. The number of unbranched alkanes of at least 4 members (excludes halogenated alkanes) is 41. The van der Waals surface area contributed by atoms with Gasteiger partial charge >= 0.3 is 33.6 Å². The van der Waals surface area contributed by atoms with Gasteiger partial charge in [0.05, 0.1) is 26.4 Å². The number of esters is 3. The van der Waals surface area contributed by atoms with Gasteiger partial charge < -0.3 is 34.2 Å². The van der Waals surface area contributed by atoms with Crippen molar-refractivity contribution in [3.05, 3.63) is 182 Å². The monoisotopic (exact) mass is 1790 g/mol. The van der Waals surface area contributed by atoms with Gasteiger partial charge in [-0.2, -0.15) is 0 Å². The molecule has 716 valence electrons. The van der Waals surface area contributed by atoms with Crippen LogP contribution in [-0.2, 0) is 55.8 Å². The lowest BCUT2D eigenvalue weighted by Crippen LogP contribution is -2.30. The minimum Gasteiger partial charge on any atom is -0.463 e. The molecule has 0 saturated heterocycles. The second-order valence-corrected chi connectivity index (χ2v) is 36.1. The maximum atomic E-state index is 13.1. The molecule has 0 radical (unpaired) electrons. The van der Waals surface area contributed by atoms with E-state index in [4.69, 9.17) is 32.3 Å². The molecular formula is C107H182O16P2. The fraction of sp³-hybridized carbons (Fsp3) is 0.692. The number of allylic oxidation sites excluding steroid dienone is 30. The summed E-state index contributed by atoms with van der Waals surface area (Å²) in [5.74, 6) is -1.57. The Balaban J connectivity index is 4.62. The van der Waals surface area contributed by atoms with Crippen LogP contribution in [0.5, 0.6) is 0 Å². The molecule has 5 atom stereocenters. The van der Waals surface area contributed by atoms with E-state index in [0.717, 1.165) is 180 Å². The van der Waals surface area contributed by atoms with Gasteiger partial charge in [-0.05, 0) is 161 Å². The Labute approximate surface area is 764 Å². The van der Waals surface area contributed by atoms with Crippen molar-refractivity contribution in [2.24, 2.45) is 0 Å². The van der Waals surface area contributed by atoms with E-state index in [1.165, 1.54) is 180 Å². The second-order valence-electron chi connectivity index (χ2n) is 33.2. The normalized spacial score (nSPS) is 14.5. The molecule has 0 aliphatic carbocycles. The van der Waals surface area contributed by atoms with Gasteiger partial charge in [-0.25, -0.2) is 9.13 Å². The van der Waals surface area contributed by atoms with E-state index in [1.54, 1.807) is 0 Å². The summed E-state index contributed by atoms with van der Waals surface area (Å²) in [6, 6.07) is 0. The van der Waals surface area contributed by atoms with Crippen molar-refractivity contribution in [1.29, 1.82) is 0 Å². The van der Waals surface area contributed by atoms with Crippen molar-refractivity contribution in [3.63, 3.8) is 0 Å². The molecule has 0 bridgehead atoms. The van der Waals surface area contributed by atoms with Crippen LogP contribution < -0.4 is 0 Å². The first-order valence-electron chi connectivity index (χ1n) is 50.1. The number of phosphoric acid groups is 2. The van der Waals surface area contributed by atoms with Gasteiger partial charge in [0, 0.05) is 19.3 Å². The zero-order valence-corrected chi connectivity index (χ0v) is 81.0. The summed E-state index contributed by atoms with van der Waals surface area (Å²) in [4.78, 5) is 59.2. The van der Waals surface area contributed by atoms with Gasteiger partial charge in [0.1, 0.15) is 25.4 Å². The van der Waals surface area contributed by atoms with E-state index in [2.05, 4.69) is 203 Å². The van der Waals surface area contributed by atoms with Crippen LogP contribution in [0.25, 0.3) is 0 Å². The molecule has 0 rings (SSSR count). The summed E-state index contributed by atoms with van der Waals surface area (Å²) >= 11 is 0. The van der Waals surface area contributed by atoms with E-state index in [-0.39, 0.29) is 19.3 Å². The quantitative estimate of drug-likeness (QED) is 0.0146. The number of carbonyl (C=O) groups excluding carboxylic acids is 3. The van der Waals surface area contributed by atoms with Gasteiger partial charge in [-0.3, -0.25) is 32.5 Å². The molecule has 0 aromatic heterocycles. The Morgan fingerprint density at radius 2 is 0.424 bits per heavy atom. The average molecular weight is 1790 g/mol. The van der Waals surface area contributed by atoms with Crippen LogP contribution in [0.15, 0.2) is 182 Å². The van der Waals surface area contributed by atoms with Crippen molar-refractivity contribution in [1.82, 2.24) is 0 Å². The Bertz CT molecular complexity index is 3000. The van der Waals surface area contributed by atoms with E-state index in [1.807, 2.05) is 0 Å². The van der Waals surface area contributed by atoms with Crippen molar-refractivity contribution >= 4 is 33.6 Å². The van der Waals surface area contributed by atoms with Crippen molar-refractivity contribution in [2.75, 3.05) is 39.6 Å². The molecule has 0 heterocycles. The zero-order valence-electron chi connectivity index (χ0n) is 79.2. The summed E-state index contributed by atoms with van der Waals surface area (Å²) in [7, 11) is -9.82. The van der Waals surface area contributed by atoms with Crippen LogP contribution in [0, 0.1) is 0 Å². The third-order valence-electron chi connectivity index (χ3n) is 21.1. The van der Waals surface area contributed by atoms with Gasteiger partial charge in [0.25, 0.3) is 0 Å². The summed E-state index contributed by atoms with van der Waals surface area (Å²) < 4.78 is 61.7. The molecule has 4 N–H and O–H groups in total. The molecule has 0 fully saturated rings. The van der Waals surface area contributed by atoms with Crippen LogP contribution in [0.1, 0.15) is 419 Å². The van der Waals surface area contributed by atoms with Crippen LogP contribution >= 0.6 is 15.6 Å². The lowest BCUT2D eigenvalue weighted by molar-refractivity contribution is -0.161. The molecule has 0 aromatic rings. The standard InChI is InChI=1S/C107H182O16P2/c1-4-7-10-13-16-19-22-25-28-31-34-37-40-43-46-48-49-50-51-53-56-57-60-63-66-69-72-75-78-81-84-87-90-93-105(110)117-96-102(108)97-119-124(113,114)120-98-103(109)99-121-125(115,116)122-101-104(123-107(112)95-92-89-86-83-80-77-74-71-68-65-62-59-54-45-42-39-36-33-30-27-24-21-18-15-12-9-6-3)100-118-106(111)94-91-88-85-82-79-76-73-70-67-64-61-58-55-52-47-44-41-38-35-32-29-26-23-20-17-14-11-8-5-2/h7,9-10,12,16-21,25-30,34-39,43-47,49-50,54,102-104,108-109H,4-6,8,11,13-15,22-24,31-33,40-42,48,51-53,55-101H2,1-3H3,(H,113,114)(H,115,116)/b10-7-,12-9-,19-16-,20-17-,21-18-,28-25-,29-26-,30-27-,37-34-,38-35-,39-36-,46-43-,47-44-,50-49-,54-45-. The number of aliphatic hydroxyl groups is 2. The first-order valence-corrected chi connectivity index (χ1v) is 53.1. The molecule has 18 heteroatoms. The van der Waals surface area contributed by atoms with Gasteiger partial charge in [-0.15, -0.1) is 0 Å². The molecule has 0 aliphatic rings. The summed E-state index contributed by atoms with van der Waals surface area (Å²) in [6.45, 7) is 2.48. The van der Waals surface area contributed by atoms with Crippen LogP contribution in [0.4, 0.5) is 0 Å². The topological polar surface area (TPSA) is 231 Å². The lowest BCUT2D eigenvalue weighted by Gasteiger charge is -2.21. The molecule has 125 heavy (non-hydrogen) atoms. The third-order valence-corrected chi connectivity index (χ3v) is 23.0. The molecule has 5 unspecified atom stereocenters. The summed E-state index contributed by atoms with van der Waals surface area (Å²) in [5, 5.41) is 20.8. The molecule has 16 nitrogen and oxygen atoms in total. The molecule has 0 aliphatic heterocycles. The third kappa shape index (κ3) is 99.1. The zero-order chi connectivity index (χ0) is 90.7. The number of hydrogen-bond donors (Lipinski definition) is 4. The molecule has 0 aromatic carbocycles. The van der Waals surface area contributed by atoms with Crippen LogP contribution in [-0.4, -0.2) is 95.9 Å². The summed E-state index contributed by atoms with van der Waals surface area (Å²) in [6.07, 6.45) is 129. The first-order chi connectivity index (χ1) is 61.2. The lowest BCUT2D eigenvalue weighted by atomic mass is 10.0. The van der Waals surface area contributed by atoms with E-state index in [9.17, 15) is 43.5 Å². The Morgan fingerprint density at radius 3 is 0.672 bits per heavy atom. The number of ether oxygens (including phenoxy) is 3. The first kappa shape index (κ1) is 120. The van der Waals surface area contributed by atoms with Crippen molar-refractivity contribution in [3.8, 4) is 0 Å². The van der Waals surface area contributed by atoms with Gasteiger partial charge in [0.15, 0.2) is 6.10 Å². The Morgan fingerprint density at radius 1 is 0.232 bits per heavy atom. The molecule has 0 saturated carbocycles. The second kappa shape index (κ2) is 97.7. The predicted octanol–water partition coefficient (Wildman–Crippen LogP) is 31.6. The highest BCUT2D eigenvalue weighted by Gasteiger charge is 2.30. The van der Waals surface area contributed by atoms with Crippen LogP contribution in [0.3, 0.4) is 0 Å². The summed E-state index contributed by atoms with van der Waals surface area (Å²) in [5.41, 5.74) is 0. The molecular weight excluding hydrogens is 1600 g/mol. The molecule has 0 amide bonds. The van der Waals surface area contributed by atoms with Gasteiger partial charge in [0.2, 0.25) is 0 Å². The number of phosphoric ester groups is 2. The highest BCUT2D eigenvalue weighted by Crippen LogP contribution is 2.45. The fourth-order valence-electron chi connectivity index (χ4n) is 13.6. The van der Waals surface area contributed by atoms with E-state index < -0.39 is 91.5 Å². The maximum absolute atomic E-state index is 13.1. The maximum Gasteiger partial charge on any atom is 0.472 e. The Kier molecular flexibility index (Phi) is 93.5. The highest BCUT2D eigenvalue weighted by atomic mass is 31.2. The SMILES string of the molecule is CC/C=C\C/C=C\C/C=C\C/C=C\C/C=C\C/C=C\CCCCCCCCCCCCCCCCC(=O)OCC(O)COP(=O)(O)OCC(O)COP(=O)(O)OCC(COC(=O)CCCCCCCCCCCCCCC/C=C\C/C=C\C/C=C\C/C=C\CCCCC)OC(=O)CCCCCCCCCCCCC/C=C\C/C=C\C/C=C\C/C=C\C/C=C\CC. The largest absolute Gasteiger partial charge is 0.472 e. The van der Waals surface area contributed by atoms with E-state index >= 15 is 0 Å². The molecule has 0 spiro atoms. The fourth-order valence-corrected chi connectivity index (χ4v) is 15.2.